The van der Waals surface area contributed by atoms with E-state index in [-0.39, 0.29) is 68.6 Å². The highest BCUT2D eigenvalue weighted by Crippen LogP contribution is 2.37. The zero-order valence-electron chi connectivity index (χ0n) is 46.2. The fourth-order valence-electron chi connectivity index (χ4n) is 8.54. The number of esters is 1. The molecule has 2 aromatic heterocycles. The number of amides is 5. The highest BCUT2D eigenvalue weighted by Gasteiger charge is 2.33. The number of nitrogens with two attached hydrogens (primary N) is 1. The van der Waals surface area contributed by atoms with Gasteiger partial charge in [-0.2, -0.15) is 28.3 Å². The van der Waals surface area contributed by atoms with E-state index >= 15 is 0 Å². The van der Waals surface area contributed by atoms with E-state index in [2.05, 4.69) is 56.3 Å². The number of aliphatic imine (C=N–C) groups is 1. The van der Waals surface area contributed by atoms with Gasteiger partial charge in [0.1, 0.15) is 22.8 Å². The predicted molar refractivity (Wildman–Crippen MR) is 326 cm³/mol. The van der Waals surface area contributed by atoms with Crippen LogP contribution in [0.1, 0.15) is 84.5 Å². The minimum Gasteiger partial charge on any atom is -0.480 e. The van der Waals surface area contributed by atoms with Crippen LogP contribution < -0.4 is 27.1 Å². The highest BCUT2D eigenvalue weighted by molar-refractivity contribution is 8.38. The zero-order valence-corrected chi connectivity index (χ0v) is 50.8. The Labute approximate surface area is 515 Å². The van der Waals surface area contributed by atoms with Crippen LogP contribution in [0.25, 0.3) is 31.7 Å². The largest absolute Gasteiger partial charge is 0.480 e. The summed E-state index contributed by atoms with van der Waals surface area (Å²) >= 11 is 29.1. The minimum atomic E-state index is -1.44. The summed E-state index contributed by atoms with van der Waals surface area (Å²) in [5, 5.41) is 36.0. The van der Waals surface area contributed by atoms with Crippen LogP contribution >= 0.6 is 69.9 Å². The Bertz CT molecular complexity index is 3700. The molecule has 2 atom stereocenters. The van der Waals surface area contributed by atoms with Gasteiger partial charge in [-0.15, -0.1) is 4.95 Å². The monoisotopic (exact) mass is 1280 g/mol. The number of ether oxygens (including phenoxy) is 2. The highest BCUT2D eigenvalue weighted by atomic mass is 35.5. The second-order valence-corrected chi connectivity index (χ2v) is 22.7. The van der Waals surface area contributed by atoms with Gasteiger partial charge in [-0.05, 0) is 105 Å². The fraction of sp³-hybridized carbons (Fsp3) is 0.315. The van der Waals surface area contributed by atoms with Gasteiger partial charge in [-0.1, -0.05) is 87.5 Å². The van der Waals surface area contributed by atoms with Crippen LogP contribution in [0.3, 0.4) is 0 Å². The van der Waals surface area contributed by atoms with Crippen LogP contribution in [0.5, 0.6) is 0 Å². The van der Waals surface area contributed by atoms with Crippen LogP contribution in [0.2, 0.25) is 20.1 Å². The van der Waals surface area contributed by atoms with Gasteiger partial charge in [0.05, 0.1) is 74.8 Å². The lowest BCUT2D eigenvalue weighted by Gasteiger charge is -2.30. The summed E-state index contributed by atoms with van der Waals surface area (Å²) < 4.78 is 10.8. The van der Waals surface area contributed by atoms with Crippen molar-refractivity contribution in [1.29, 1.82) is 0 Å². The van der Waals surface area contributed by atoms with E-state index in [0.717, 1.165) is 33.3 Å². The van der Waals surface area contributed by atoms with Crippen LogP contribution in [0, 0.1) is 13.1 Å². The summed E-state index contributed by atoms with van der Waals surface area (Å²) in [5.74, 6) is -4.28. The lowest BCUT2D eigenvalue weighted by atomic mass is 9.96. The molecule has 0 aliphatic carbocycles. The molecule has 0 spiro atoms. The Hall–Kier alpha value is -8.31. The van der Waals surface area contributed by atoms with E-state index in [4.69, 9.17) is 74.8 Å². The van der Waals surface area contributed by atoms with Crippen molar-refractivity contribution in [3.63, 3.8) is 0 Å². The number of alkyl carbamates (subject to hydrolysis) is 1. The number of thioether (sulfide) groups is 2. The molecule has 4 heterocycles. The van der Waals surface area contributed by atoms with Crippen LogP contribution in [-0.2, 0) is 45.0 Å². The SMILES string of the molecule is COC(=O)[C@H](CNC(=O)OC(C)(C)C)NC(=O)c1c(Cl)cc2c(c1Cl)CCN(C(=O)c1ccc3cn[nH]c3c1)C2.[C-]#[N+]N=C(SC)SC.[C-]#[N+]NC(N)=NC[C@H](NC(=O)c1c(Cl)cc2c(c1Cl)CCN(C(=O)c1ccc3cn[nH]c3c1)C2)C(=O)O. The minimum absolute atomic E-state index is 0.0104. The molecule has 2 aliphatic rings. The summed E-state index contributed by atoms with van der Waals surface area (Å²) in [4.78, 5) is 101. The molecular weight excluding hydrogens is 1220 g/mol. The normalized spacial score (nSPS) is 13.3. The number of hydrogen-bond acceptors (Lipinski definition) is 15. The molecule has 446 valence electrons. The van der Waals surface area contributed by atoms with E-state index in [0.29, 0.717) is 59.3 Å². The molecule has 4 aromatic carbocycles. The number of carbonyl (C=O) groups is 7. The Morgan fingerprint density at radius 3 is 1.68 bits per heavy atom. The first-order valence-electron chi connectivity index (χ1n) is 25.2. The third-order valence-corrected chi connectivity index (χ3v) is 15.8. The summed E-state index contributed by atoms with van der Waals surface area (Å²) in [6.45, 7) is 18.6. The van der Waals surface area contributed by atoms with E-state index in [1.807, 2.05) is 30.1 Å². The van der Waals surface area contributed by atoms with Crippen LogP contribution in [0.4, 0.5) is 4.79 Å². The van der Waals surface area contributed by atoms with E-state index < -0.39 is 54.1 Å². The fourth-order valence-corrected chi connectivity index (χ4v) is 11.0. The van der Waals surface area contributed by atoms with Gasteiger partial charge in [0.25, 0.3) is 29.6 Å². The molecule has 0 fully saturated rings. The zero-order chi connectivity index (χ0) is 62.3. The van der Waals surface area contributed by atoms with Gasteiger partial charge in [-0.3, -0.25) is 29.4 Å². The van der Waals surface area contributed by atoms with Crippen molar-refractivity contribution in [1.82, 2.24) is 51.6 Å². The van der Waals surface area contributed by atoms with Gasteiger partial charge in [0.2, 0.25) is 4.38 Å². The average molecular weight is 1280 g/mol. The van der Waals surface area contributed by atoms with Crippen molar-refractivity contribution in [2.75, 3.05) is 45.8 Å². The summed E-state index contributed by atoms with van der Waals surface area (Å²) in [6, 6.07) is 11.1. The number of aromatic amines is 2. The molecule has 85 heavy (non-hydrogen) atoms. The number of aromatic nitrogens is 4. The molecule has 8 rings (SSSR count). The van der Waals surface area contributed by atoms with Crippen molar-refractivity contribution >= 4 is 144 Å². The number of halogens is 4. The third-order valence-electron chi connectivity index (χ3n) is 12.6. The smallest absolute Gasteiger partial charge is 0.407 e. The maximum absolute atomic E-state index is 13.2. The van der Waals surface area contributed by atoms with Crippen molar-refractivity contribution in [3.8, 4) is 0 Å². The number of carbonyl (C=O) groups excluding carboxylic acids is 6. The van der Waals surface area contributed by atoms with Crippen molar-refractivity contribution in [2.24, 2.45) is 15.8 Å². The quantitative estimate of drug-likeness (QED) is 0.0191. The average Bonchev–Trinajstić information content (AvgIpc) is 3.71. The lowest BCUT2D eigenvalue weighted by molar-refractivity contribution is -0.142. The number of fused-ring (bicyclic) bond motifs is 4. The van der Waals surface area contributed by atoms with Crippen molar-refractivity contribution in [3.05, 3.63) is 149 Å². The first-order chi connectivity index (χ1) is 40.4. The van der Waals surface area contributed by atoms with E-state index in [9.17, 15) is 38.7 Å². The number of guanidine groups is 1. The number of benzene rings is 4. The molecule has 5 amide bonds. The molecular formula is C54H55Cl4N15O10S2. The van der Waals surface area contributed by atoms with E-state index in [1.165, 1.54) is 23.5 Å². The Balaban J connectivity index is 0.000000242. The number of carboxylic acids is 1. The molecule has 0 bridgehead atoms. The van der Waals surface area contributed by atoms with E-state index in [1.54, 1.807) is 79.4 Å². The molecule has 9 N–H and O–H groups in total. The first-order valence-corrected chi connectivity index (χ1v) is 29.2. The van der Waals surface area contributed by atoms with Gasteiger partial charge in [0, 0.05) is 48.1 Å². The number of H-pyrrole nitrogens is 2. The summed E-state index contributed by atoms with van der Waals surface area (Å²) in [5.41, 5.74) is 11.9. The first kappa shape index (κ1) is 65.8. The van der Waals surface area contributed by atoms with Gasteiger partial charge in [-0.25, -0.2) is 19.4 Å². The second kappa shape index (κ2) is 30.0. The molecule has 0 radical (unpaired) electrons. The van der Waals surface area contributed by atoms with Gasteiger partial charge >= 0.3 is 18.0 Å². The third kappa shape index (κ3) is 17.2. The molecule has 2 aliphatic heterocycles. The number of methoxy groups -OCH3 is 1. The summed E-state index contributed by atoms with van der Waals surface area (Å²) in [7, 11) is 1.16. The molecule has 31 heteroatoms. The van der Waals surface area contributed by atoms with Crippen LogP contribution in [-0.4, -0.2) is 151 Å². The van der Waals surface area contributed by atoms with Gasteiger partial charge < -0.3 is 46.1 Å². The Kier molecular flexibility index (Phi) is 23.2. The van der Waals surface area contributed by atoms with Crippen LogP contribution in [0.15, 0.2) is 71.0 Å². The number of rotatable bonds is 12. The Morgan fingerprint density at radius 1 is 0.788 bits per heavy atom. The maximum atomic E-state index is 13.2. The number of hydrogen-bond donors (Lipinski definition) is 8. The molecule has 6 aromatic rings. The molecule has 0 saturated carbocycles. The standard InChI is InChI=1S/C27H29Cl2N5O6.C23H20Cl2N8O4.C4H6N2S2/c1-27(2,3)40-26(38)30-12-20(25(37)39-4)32-23(35)21-18(28)9-16-13-34(8-7-17(16)22(21)29)24(36)14-5-6-15-11-31-33-19(15)10-14;1-27-32-23(26)28-9-17(22(36)37)30-20(34)18-15(24)6-13-10-33(5-4-14(13)19(18)25)21(35)11-2-3-12-8-29-31-16(12)7-11;1-5-6-4(7-2)8-3/h5-6,9-11,20H,7-8,12-13H2,1-4H3,(H,30,38)(H,31,33)(H,32,35);2-3,6-8,17H,4-5,9-10H2,(H,29,31)(H,30,34)(H,36,37)(H3,26,28,32);2-3H3/t20-;17-;/m00./s1. The van der Waals surface area contributed by atoms with Crippen molar-refractivity contribution in [2.45, 2.75) is 64.4 Å². The number of nitrogens with one attached hydrogen (secondary N) is 6. The Morgan fingerprint density at radius 2 is 1.27 bits per heavy atom. The number of carboxylic acid groups (broad SMARTS) is 1. The number of aliphatic carboxylic acids is 1. The second-order valence-electron chi connectivity index (χ2n) is 19.3. The molecule has 25 nitrogen and oxygen atoms in total. The van der Waals surface area contributed by atoms with Gasteiger partial charge in [0.15, 0.2) is 0 Å². The number of nitrogens with zero attached hydrogens (tertiary/aromatic N) is 8. The molecule has 0 unspecified atom stereocenters. The topological polar surface area (TPSA) is 330 Å². The molecule has 0 saturated heterocycles. The maximum Gasteiger partial charge on any atom is 0.407 e. The summed E-state index contributed by atoms with van der Waals surface area (Å²) in [6.07, 6.45) is 7.17. The lowest BCUT2D eigenvalue weighted by Crippen LogP contribution is -2.49. The predicted octanol–water partition coefficient (Wildman–Crippen LogP) is 7.76. The van der Waals surface area contributed by atoms with Crippen molar-refractivity contribution < 1.29 is 48.1 Å².